The van der Waals surface area contributed by atoms with Gasteiger partial charge in [0.05, 0.1) is 11.3 Å². The van der Waals surface area contributed by atoms with E-state index in [0.717, 1.165) is 49.1 Å². The van der Waals surface area contributed by atoms with Crippen LogP contribution in [0.25, 0.3) is 0 Å². The number of nitrogens with two attached hydrogens (primary N) is 1. The topological polar surface area (TPSA) is 97.9 Å². The first-order chi connectivity index (χ1) is 11.4. The van der Waals surface area contributed by atoms with Crippen molar-refractivity contribution in [2.45, 2.75) is 39.5 Å². The van der Waals surface area contributed by atoms with Crippen LogP contribution in [0.2, 0.25) is 0 Å². The molecule has 1 aliphatic rings. The number of rotatable bonds is 3. The third kappa shape index (κ3) is 3.34. The average Bonchev–Trinajstić information content (AvgIpc) is 2.53. The maximum atomic E-state index is 11.3. The first-order valence-electron chi connectivity index (χ1n) is 8.14. The van der Waals surface area contributed by atoms with Crippen LogP contribution in [0.5, 0.6) is 0 Å². The molecular weight excluding hydrogens is 304 g/mol. The summed E-state index contributed by atoms with van der Waals surface area (Å²) in [6, 6.07) is 1.97. The maximum Gasteiger partial charge on any atom is 0.252 e. The van der Waals surface area contributed by atoms with Crippen LogP contribution in [0.1, 0.15) is 52.0 Å². The van der Waals surface area contributed by atoms with Crippen LogP contribution in [0, 0.1) is 20.8 Å². The number of nitrogens with zero attached hydrogens (tertiary/aromatic N) is 5. The zero-order valence-electron chi connectivity index (χ0n) is 14.3. The van der Waals surface area contributed by atoms with Gasteiger partial charge in [0, 0.05) is 36.6 Å². The lowest BCUT2D eigenvalue weighted by Crippen LogP contribution is -2.36. The van der Waals surface area contributed by atoms with Crippen molar-refractivity contribution in [1.82, 2.24) is 19.9 Å². The van der Waals surface area contributed by atoms with E-state index in [-0.39, 0.29) is 5.92 Å². The second-order valence-corrected chi connectivity index (χ2v) is 6.33. The summed E-state index contributed by atoms with van der Waals surface area (Å²) >= 11 is 0. The molecule has 3 heterocycles. The quantitative estimate of drug-likeness (QED) is 0.921. The fourth-order valence-electron chi connectivity index (χ4n) is 3.14. The largest absolute Gasteiger partial charge is 0.365 e. The summed E-state index contributed by atoms with van der Waals surface area (Å²) in [5, 5.41) is 0. The highest BCUT2D eigenvalue weighted by atomic mass is 16.1. The lowest BCUT2D eigenvalue weighted by Gasteiger charge is -2.32. The molecule has 2 N–H and O–H groups in total. The molecule has 2 aromatic rings. The van der Waals surface area contributed by atoms with E-state index in [0.29, 0.717) is 11.3 Å². The molecule has 1 atom stereocenters. The Kier molecular flexibility index (Phi) is 4.42. The molecule has 0 unspecified atom stereocenters. The number of carbonyl (C=O) groups excluding carboxylic acids is 1. The number of aryl methyl sites for hydroxylation is 3. The molecule has 126 valence electrons. The number of amides is 1. The molecule has 0 aromatic carbocycles. The molecular formula is C17H22N6O. The highest BCUT2D eigenvalue weighted by Crippen LogP contribution is 2.27. The minimum Gasteiger partial charge on any atom is -0.365 e. The first kappa shape index (κ1) is 16.3. The number of piperidine rings is 1. The van der Waals surface area contributed by atoms with Crippen molar-refractivity contribution in [2.75, 3.05) is 18.0 Å². The zero-order valence-corrected chi connectivity index (χ0v) is 14.3. The van der Waals surface area contributed by atoms with Gasteiger partial charge >= 0.3 is 0 Å². The lowest BCUT2D eigenvalue weighted by molar-refractivity contribution is 0.0999. The van der Waals surface area contributed by atoms with Gasteiger partial charge in [-0.15, -0.1) is 0 Å². The molecule has 0 aliphatic carbocycles. The van der Waals surface area contributed by atoms with E-state index in [1.807, 2.05) is 19.9 Å². The van der Waals surface area contributed by atoms with Crippen molar-refractivity contribution in [3.63, 3.8) is 0 Å². The van der Waals surface area contributed by atoms with Gasteiger partial charge < -0.3 is 10.6 Å². The van der Waals surface area contributed by atoms with Crippen LogP contribution < -0.4 is 10.6 Å². The minimum atomic E-state index is -0.493. The number of hydrogen-bond acceptors (Lipinski definition) is 6. The monoisotopic (exact) mass is 326 g/mol. The van der Waals surface area contributed by atoms with E-state index >= 15 is 0 Å². The van der Waals surface area contributed by atoms with Gasteiger partial charge in [-0.25, -0.2) is 19.9 Å². The summed E-state index contributed by atoms with van der Waals surface area (Å²) < 4.78 is 0. The van der Waals surface area contributed by atoms with Gasteiger partial charge in [-0.3, -0.25) is 4.79 Å². The van der Waals surface area contributed by atoms with Crippen LogP contribution in [-0.2, 0) is 0 Å². The first-order valence-corrected chi connectivity index (χ1v) is 8.14. The highest BCUT2D eigenvalue weighted by molar-refractivity contribution is 5.93. The Labute approximate surface area is 141 Å². The summed E-state index contributed by atoms with van der Waals surface area (Å²) in [7, 11) is 0. The van der Waals surface area contributed by atoms with E-state index < -0.39 is 5.91 Å². The summed E-state index contributed by atoms with van der Waals surface area (Å²) in [5.41, 5.74) is 8.28. The standard InChI is InChI=1S/C17H22N6O/c1-10-7-11(2)21-17(20-10)23-6-4-5-13(9-23)16-19-8-14(15(18)24)12(3)22-16/h7-8,13H,4-6,9H2,1-3H3,(H2,18,24)/t13-/m1/s1. The fourth-order valence-corrected chi connectivity index (χ4v) is 3.14. The fraction of sp³-hybridized carbons (Fsp3) is 0.471. The number of anilines is 1. The van der Waals surface area contributed by atoms with Gasteiger partial charge in [-0.05, 0) is 39.7 Å². The van der Waals surface area contributed by atoms with Crippen LogP contribution in [0.15, 0.2) is 12.3 Å². The van der Waals surface area contributed by atoms with Crippen molar-refractivity contribution >= 4 is 11.9 Å². The Bertz CT molecular complexity index is 755. The molecule has 1 amide bonds. The van der Waals surface area contributed by atoms with Gasteiger partial charge in [-0.1, -0.05) is 0 Å². The van der Waals surface area contributed by atoms with Crippen LogP contribution in [-0.4, -0.2) is 38.9 Å². The van der Waals surface area contributed by atoms with Crippen molar-refractivity contribution in [3.05, 3.63) is 40.7 Å². The molecule has 0 bridgehead atoms. The van der Waals surface area contributed by atoms with E-state index in [1.54, 1.807) is 6.92 Å². The average molecular weight is 326 g/mol. The molecule has 1 saturated heterocycles. The van der Waals surface area contributed by atoms with Crippen LogP contribution >= 0.6 is 0 Å². The smallest absolute Gasteiger partial charge is 0.252 e. The highest BCUT2D eigenvalue weighted by Gasteiger charge is 2.26. The second kappa shape index (κ2) is 6.51. The predicted octanol–water partition coefficient (Wildman–Crippen LogP) is 1.67. The van der Waals surface area contributed by atoms with Gasteiger partial charge in [0.2, 0.25) is 5.95 Å². The maximum absolute atomic E-state index is 11.3. The summed E-state index contributed by atoms with van der Waals surface area (Å²) in [6.07, 6.45) is 3.57. The molecule has 7 nitrogen and oxygen atoms in total. The number of hydrogen-bond donors (Lipinski definition) is 1. The van der Waals surface area contributed by atoms with Crippen molar-refractivity contribution < 1.29 is 4.79 Å². The van der Waals surface area contributed by atoms with Gasteiger partial charge in [0.25, 0.3) is 5.91 Å². The molecule has 1 aliphatic heterocycles. The van der Waals surface area contributed by atoms with Crippen molar-refractivity contribution in [3.8, 4) is 0 Å². The SMILES string of the molecule is Cc1cc(C)nc(N2CCC[C@@H](c3ncc(C(N)=O)c(C)n3)C2)n1. The predicted molar refractivity (Wildman–Crippen MR) is 91.0 cm³/mol. The van der Waals surface area contributed by atoms with Crippen molar-refractivity contribution in [2.24, 2.45) is 5.73 Å². The molecule has 2 aromatic heterocycles. The Morgan fingerprint density at radius 1 is 1.21 bits per heavy atom. The summed E-state index contributed by atoms with van der Waals surface area (Å²) in [5.74, 6) is 1.23. The number of primary amides is 1. The van der Waals surface area contributed by atoms with E-state index in [1.165, 1.54) is 6.20 Å². The zero-order chi connectivity index (χ0) is 17.3. The van der Waals surface area contributed by atoms with E-state index in [4.69, 9.17) is 5.73 Å². The Morgan fingerprint density at radius 3 is 2.54 bits per heavy atom. The number of carbonyl (C=O) groups is 1. The van der Waals surface area contributed by atoms with Crippen molar-refractivity contribution in [1.29, 1.82) is 0 Å². The Morgan fingerprint density at radius 2 is 1.92 bits per heavy atom. The molecule has 3 rings (SSSR count). The second-order valence-electron chi connectivity index (χ2n) is 6.33. The normalized spacial score (nSPS) is 17.8. The Balaban J connectivity index is 1.83. The molecule has 24 heavy (non-hydrogen) atoms. The van der Waals surface area contributed by atoms with Crippen LogP contribution in [0.3, 0.4) is 0 Å². The Hall–Kier alpha value is -2.57. The molecule has 0 saturated carbocycles. The van der Waals surface area contributed by atoms with E-state index in [9.17, 15) is 4.79 Å². The van der Waals surface area contributed by atoms with Gasteiger partial charge in [-0.2, -0.15) is 0 Å². The lowest BCUT2D eigenvalue weighted by atomic mass is 9.97. The molecule has 7 heteroatoms. The van der Waals surface area contributed by atoms with Crippen LogP contribution in [0.4, 0.5) is 5.95 Å². The van der Waals surface area contributed by atoms with Gasteiger partial charge in [0.1, 0.15) is 5.82 Å². The molecule has 0 spiro atoms. The summed E-state index contributed by atoms with van der Waals surface area (Å²) in [4.78, 5) is 31.5. The van der Waals surface area contributed by atoms with Gasteiger partial charge in [0.15, 0.2) is 0 Å². The molecule has 1 fully saturated rings. The van der Waals surface area contributed by atoms with E-state index in [2.05, 4.69) is 24.8 Å². The molecule has 0 radical (unpaired) electrons. The third-order valence-electron chi connectivity index (χ3n) is 4.30. The minimum absolute atomic E-state index is 0.198. The third-order valence-corrected chi connectivity index (χ3v) is 4.30. The summed E-state index contributed by atoms with van der Waals surface area (Å²) in [6.45, 7) is 7.46. The number of aromatic nitrogens is 4.